The lowest BCUT2D eigenvalue weighted by atomic mass is 10.0. The zero-order chi connectivity index (χ0) is 16.2. The van der Waals surface area contributed by atoms with Crippen LogP contribution in [0.5, 0.6) is 5.75 Å². The van der Waals surface area contributed by atoms with Crippen LogP contribution in [-0.2, 0) is 12.0 Å². The number of nitrogens with one attached hydrogen (secondary N) is 1. The second kappa shape index (κ2) is 6.99. The largest absolute Gasteiger partial charge is 0.497 e. The minimum absolute atomic E-state index is 0.246. The summed E-state index contributed by atoms with van der Waals surface area (Å²) in [6.07, 6.45) is 0.886. The van der Waals surface area contributed by atoms with Crippen LogP contribution in [0.25, 0.3) is 0 Å². The van der Waals surface area contributed by atoms with E-state index in [-0.39, 0.29) is 6.04 Å². The molecule has 0 bridgehead atoms. The van der Waals surface area contributed by atoms with Crippen molar-refractivity contribution in [3.63, 3.8) is 0 Å². The van der Waals surface area contributed by atoms with Gasteiger partial charge in [-0.1, -0.05) is 12.1 Å². The maximum Gasteiger partial charge on any atom is 0.136 e. The molecule has 0 amide bonds. The third-order valence-corrected chi connectivity index (χ3v) is 3.77. The predicted octanol–water partition coefficient (Wildman–Crippen LogP) is 3.02. The van der Waals surface area contributed by atoms with Crippen LogP contribution in [0, 0.1) is 6.92 Å². The van der Waals surface area contributed by atoms with Crippen LogP contribution < -0.4 is 10.1 Å². The predicted molar refractivity (Wildman–Crippen MR) is 87.2 cm³/mol. The summed E-state index contributed by atoms with van der Waals surface area (Å²) in [5, 5.41) is 13.9. The summed E-state index contributed by atoms with van der Waals surface area (Å²) in [5.41, 5.74) is 0.219. The first-order valence-electron chi connectivity index (χ1n) is 7.56. The molecule has 2 rings (SSSR count). The fourth-order valence-corrected chi connectivity index (χ4v) is 2.37. The maximum absolute atomic E-state index is 10.5. The molecule has 0 aliphatic rings. The van der Waals surface area contributed by atoms with Crippen molar-refractivity contribution in [2.24, 2.45) is 0 Å². The SMILES string of the molecule is COc1ccc(CC(C)NCC(C)(O)c2ccc(C)o2)cc1. The van der Waals surface area contributed by atoms with Gasteiger partial charge in [-0.3, -0.25) is 0 Å². The Hall–Kier alpha value is -1.78. The molecule has 0 aliphatic heterocycles. The number of aliphatic hydroxyl groups is 1. The smallest absolute Gasteiger partial charge is 0.136 e. The highest BCUT2D eigenvalue weighted by molar-refractivity contribution is 5.27. The van der Waals surface area contributed by atoms with Gasteiger partial charge in [-0.05, 0) is 57.0 Å². The number of hydrogen-bond donors (Lipinski definition) is 2. The van der Waals surface area contributed by atoms with Crippen molar-refractivity contribution in [3.8, 4) is 5.75 Å². The van der Waals surface area contributed by atoms with Gasteiger partial charge in [-0.2, -0.15) is 0 Å². The van der Waals surface area contributed by atoms with Crippen LogP contribution in [0.2, 0.25) is 0 Å². The Bertz CT molecular complexity index is 587. The lowest BCUT2D eigenvalue weighted by Gasteiger charge is -2.24. The fraction of sp³-hybridized carbons (Fsp3) is 0.444. The van der Waals surface area contributed by atoms with Gasteiger partial charge < -0.3 is 19.6 Å². The zero-order valence-corrected chi connectivity index (χ0v) is 13.7. The van der Waals surface area contributed by atoms with Gasteiger partial charge in [0, 0.05) is 12.6 Å². The minimum atomic E-state index is -1.01. The molecule has 2 N–H and O–H groups in total. The van der Waals surface area contributed by atoms with E-state index >= 15 is 0 Å². The second-order valence-corrected chi connectivity index (χ2v) is 6.02. The van der Waals surface area contributed by atoms with Crippen molar-refractivity contribution in [2.75, 3.05) is 13.7 Å². The number of aryl methyl sites for hydroxylation is 1. The number of methoxy groups -OCH3 is 1. The summed E-state index contributed by atoms with van der Waals surface area (Å²) in [5.74, 6) is 2.26. The van der Waals surface area contributed by atoms with E-state index in [1.807, 2.05) is 31.2 Å². The Labute approximate surface area is 132 Å². The Morgan fingerprint density at radius 3 is 2.45 bits per heavy atom. The lowest BCUT2D eigenvalue weighted by molar-refractivity contribution is 0.0313. The van der Waals surface area contributed by atoms with Crippen molar-refractivity contribution in [1.29, 1.82) is 0 Å². The summed E-state index contributed by atoms with van der Waals surface area (Å²) >= 11 is 0. The van der Waals surface area contributed by atoms with Crippen LogP contribution in [0.3, 0.4) is 0 Å². The highest BCUT2D eigenvalue weighted by Crippen LogP contribution is 2.22. The number of rotatable bonds is 7. The molecule has 4 nitrogen and oxygen atoms in total. The van der Waals surface area contributed by atoms with Gasteiger partial charge in [0.05, 0.1) is 7.11 Å². The molecule has 22 heavy (non-hydrogen) atoms. The average Bonchev–Trinajstić information content (AvgIpc) is 2.94. The Morgan fingerprint density at radius 1 is 1.23 bits per heavy atom. The van der Waals surface area contributed by atoms with Gasteiger partial charge in [-0.15, -0.1) is 0 Å². The first-order valence-corrected chi connectivity index (χ1v) is 7.56. The van der Waals surface area contributed by atoms with Crippen molar-refractivity contribution in [2.45, 2.75) is 38.8 Å². The fourth-order valence-electron chi connectivity index (χ4n) is 2.37. The van der Waals surface area contributed by atoms with Gasteiger partial charge in [-0.25, -0.2) is 0 Å². The van der Waals surface area contributed by atoms with Crippen LogP contribution in [-0.4, -0.2) is 24.8 Å². The summed E-state index contributed by atoms with van der Waals surface area (Å²) < 4.78 is 10.7. The highest BCUT2D eigenvalue weighted by atomic mass is 16.5. The monoisotopic (exact) mass is 303 g/mol. The number of benzene rings is 1. The van der Waals surface area contributed by atoms with E-state index < -0.39 is 5.60 Å². The Morgan fingerprint density at radius 2 is 1.91 bits per heavy atom. The van der Waals surface area contributed by atoms with E-state index in [1.165, 1.54) is 5.56 Å². The van der Waals surface area contributed by atoms with Crippen LogP contribution in [0.1, 0.15) is 30.9 Å². The van der Waals surface area contributed by atoms with E-state index in [2.05, 4.69) is 24.4 Å². The molecule has 2 aromatic rings. The molecule has 0 fully saturated rings. The molecule has 1 aromatic carbocycles. The molecule has 1 heterocycles. The minimum Gasteiger partial charge on any atom is -0.497 e. The van der Waals surface area contributed by atoms with Crippen LogP contribution in [0.4, 0.5) is 0 Å². The normalized spacial score (nSPS) is 15.3. The molecule has 0 aliphatic carbocycles. The molecule has 1 aromatic heterocycles. The van der Waals surface area contributed by atoms with Crippen LogP contribution >= 0.6 is 0 Å². The van der Waals surface area contributed by atoms with Crippen molar-refractivity contribution < 1.29 is 14.3 Å². The molecular formula is C18H25NO3. The molecule has 0 spiro atoms. The number of furan rings is 1. The topological polar surface area (TPSA) is 54.6 Å². The summed E-state index contributed by atoms with van der Waals surface area (Å²) in [7, 11) is 1.66. The first kappa shape index (κ1) is 16.6. The molecule has 0 radical (unpaired) electrons. The number of ether oxygens (including phenoxy) is 1. The van der Waals surface area contributed by atoms with E-state index in [1.54, 1.807) is 14.0 Å². The van der Waals surface area contributed by atoms with Crippen LogP contribution in [0.15, 0.2) is 40.8 Å². The molecule has 2 unspecified atom stereocenters. The maximum atomic E-state index is 10.5. The number of hydrogen-bond acceptors (Lipinski definition) is 4. The third-order valence-electron chi connectivity index (χ3n) is 3.77. The summed E-state index contributed by atoms with van der Waals surface area (Å²) in [6, 6.07) is 12.0. The molecule has 4 heteroatoms. The van der Waals surface area contributed by atoms with Gasteiger partial charge in [0.2, 0.25) is 0 Å². The summed E-state index contributed by atoms with van der Waals surface area (Å²) in [6.45, 7) is 6.18. The second-order valence-electron chi connectivity index (χ2n) is 6.02. The average molecular weight is 303 g/mol. The van der Waals surface area contributed by atoms with Gasteiger partial charge in [0.25, 0.3) is 0 Å². The van der Waals surface area contributed by atoms with Crippen molar-refractivity contribution >= 4 is 0 Å². The van der Waals surface area contributed by atoms with E-state index in [9.17, 15) is 5.11 Å². The molecule has 0 saturated heterocycles. The van der Waals surface area contributed by atoms with Crippen molar-refractivity contribution in [3.05, 3.63) is 53.5 Å². The lowest BCUT2D eigenvalue weighted by Crippen LogP contribution is -2.40. The first-order chi connectivity index (χ1) is 10.4. The van der Waals surface area contributed by atoms with Gasteiger partial charge in [0.15, 0.2) is 0 Å². The summed E-state index contributed by atoms with van der Waals surface area (Å²) in [4.78, 5) is 0. The molecular weight excluding hydrogens is 278 g/mol. The third kappa shape index (κ3) is 4.36. The molecule has 120 valence electrons. The Kier molecular flexibility index (Phi) is 5.27. The Balaban J connectivity index is 1.87. The van der Waals surface area contributed by atoms with Gasteiger partial charge in [0.1, 0.15) is 22.9 Å². The quantitative estimate of drug-likeness (QED) is 0.825. The van der Waals surface area contributed by atoms with E-state index in [4.69, 9.17) is 9.15 Å². The van der Waals surface area contributed by atoms with E-state index in [0.29, 0.717) is 12.3 Å². The van der Waals surface area contributed by atoms with Gasteiger partial charge >= 0.3 is 0 Å². The molecule has 2 atom stereocenters. The zero-order valence-electron chi connectivity index (χ0n) is 13.7. The van der Waals surface area contributed by atoms with E-state index in [0.717, 1.165) is 17.9 Å². The van der Waals surface area contributed by atoms with Crippen molar-refractivity contribution in [1.82, 2.24) is 5.32 Å². The standard InChI is InChI=1S/C18H25NO3/c1-13(11-15-6-8-16(21-4)9-7-15)19-12-18(3,20)17-10-5-14(2)22-17/h5-10,13,19-20H,11-12H2,1-4H3. The molecule has 0 saturated carbocycles. The highest BCUT2D eigenvalue weighted by Gasteiger charge is 2.27.